The standard InChI is InChI=1S/C22H31FN2O4/c1-14(2)19(25-21(27)17-12-8-9-13-18(17)23)22(28)29-15(3)20(26)24-16-10-6-4-5-7-11-16/h8-9,12-16,19H,4-7,10-11H2,1-3H3,(H,24,26)(H,25,27)/t15-,19+/m1/s1. The van der Waals surface area contributed by atoms with E-state index in [-0.39, 0.29) is 23.4 Å². The molecule has 0 heterocycles. The molecule has 1 aliphatic carbocycles. The van der Waals surface area contributed by atoms with Crippen molar-refractivity contribution in [1.29, 1.82) is 0 Å². The van der Waals surface area contributed by atoms with Gasteiger partial charge in [0.1, 0.15) is 11.9 Å². The number of amides is 2. The molecule has 1 aromatic carbocycles. The molecule has 6 nitrogen and oxygen atoms in total. The zero-order valence-electron chi connectivity index (χ0n) is 17.4. The molecule has 2 atom stereocenters. The van der Waals surface area contributed by atoms with E-state index >= 15 is 0 Å². The monoisotopic (exact) mass is 406 g/mol. The highest BCUT2D eigenvalue weighted by Gasteiger charge is 2.30. The molecule has 0 radical (unpaired) electrons. The van der Waals surface area contributed by atoms with Crippen molar-refractivity contribution in [2.75, 3.05) is 0 Å². The number of benzene rings is 1. The number of esters is 1. The second-order valence-electron chi connectivity index (χ2n) is 7.95. The van der Waals surface area contributed by atoms with Gasteiger partial charge >= 0.3 is 5.97 Å². The molecule has 0 saturated heterocycles. The molecule has 1 saturated carbocycles. The minimum Gasteiger partial charge on any atom is -0.451 e. The fraction of sp³-hybridized carbons (Fsp3) is 0.591. The van der Waals surface area contributed by atoms with Crippen LogP contribution in [0.25, 0.3) is 0 Å². The Labute approximate surface area is 171 Å². The van der Waals surface area contributed by atoms with Crippen LogP contribution in [-0.2, 0) is 14.3 Å². The number of hydrogen-bond donors (Lipinski definition) is 2. The smallest absolute Gasteiger partial charge is 0.329 e. The van der Waals surface area contributed by atoms with E-state index in [4.69, 9.17) is 4.74 Å². The van der Waals surface area contributed by atoms with Crippen LogP contribution in [0.4, 0.5) is 4.39 Å². The van der Waals surface area contributed by atoms with Crippen molar-refractivity contribution in [1.82, 2.24) is 10.6 Å². The maximum absolute atomic E-state index is 13.8. The third-order valence-electron chi connectivity index (χ3n) is 5.19. The number of nitrogens with one attached hydrogen (secondary N) is 2. The lowest BCUT2D eigenvalue weighted by Crippen LogP contribution is -2.48. The topological polar surface area (TPSA) is 84.5 Å². The van der Waals surface area contributed by atoms with Gasteiger partial charge in [-0.25, -0.2) is 9.18 Å². The summed E-state index contributed by atoms with van der Waals surface area (Å²) in [6, 6.07) is 4.66. The molecule has 2 amide bonds. The Morgan fingerprint density at radius 2 is 1.66 bits per heavy atom. The van der Waals surface area contributed by atoms with Gasteiger partial charge in [-0.3, -0.25) is 9.59 Å². The molecular weight excluding hydrogens is 375 g/mol. The lowest BCUT2D eigenvalue weighted by Gasteiger charge is -2.24. The number of ether oxygens (including phenoxy) is 1. The number of halogens is 1. The molecule has 1 fully saturated rings. The van der Waals surface area contributed by atoms with Crippen molar-refractivity contribution in [3.05, 3.63) is 35.6 Å². The van der Waals surface area contributed by atoms with Crippen LogP contribution in [0, 0.1) is 11.7 Å². The second-order valence-corrected chi connectivity index (χ2v) is 7.95. The minimum absolute atomic E-state index is 0.104. The highest BCUT2D eigenvalue weighted by molar-refractivity contribution is 5.97. The maximum atomic E-state index is 13.8. The highest BCUT2D eigenvalue weighted by Crippen LogP contribution is 2.17. The van der Waals surface area contributed by atoms with Crippen molar-refractivity contribution in [3.8, 4) is 0 Å². The normalized spacial score (nSPS) is 17.1. The van der Waals surface area contributed by atoms with E-state index in [0.717, 1.165) is 25.7 Å². The van der Waals surface area contributed by atoms with Gasteiger partial charge in [0.15, 0.2) is 6.10 Å². The summed E-state index contributed by atoms with van der Waals surface area (Å²) in [6.45, 7) is 4.99. The summed E-state index contributed by atoms with van der Waals surface area (Å²) >= 11 is 0. The second kappa shape index (κ2) is 10.9. The van der Waals surface area contributed by atoms with Gasteiger partial charge in [-0.2, -0.15) is 0 Å². The van der Waals surface area contributed by atoms with Crippen molar-refractivity contribution in [3.63, 3.8) is 0 Å². The van der Waals surface area contributed by atoms with Gasteiger partial charge in [-0.1, -0.05) is 51.7 Å². The van der Waals surface area contributed by atoms with Gasteiger partial charge in [0, 0.05) is 6.04 Å². The predicted molar refractivity (Wildman–Crippen MR) is 108 cm³/mol. The van der Waals surface area contributed by atoms with Crippen LogP contribution in [0.1, 0.15) is 69.7 Å². The Morgan fingerprint density at radius 1 is 1.03 bits per heavy atom. The first-order valence-electron chi connectivity index (χ1n) is 10.4. The lowest BCUT2D eigenvalue weighted by atomic mass is 10.0. The van der Waals surface area contributed by atoms with E-state index in [9.17, 15) is 18.8 Å². The Kier molecular flexibility index (Phi) is 8.61. The van der Waals surface area contributed by atoms with Gasteiger partial charge in [-0.15, -0.1) is 0 Å². The summed E-state index contributed by atoms with van der Waals surface area (Å²) in [4.78, 5) is 37.4. The average molecular weight is 406 g/mol. The molecule has 0 aromatic heterocycles. The van der Waals surface area contributed by atoms with Crippen LogP contribution in [0.3, 0.4) is 0 Å². The lowest BCUT2D eigenvalue weighted by molar-refractivity contribution is -0.157. The van der Waals surface area contributed by atoms with Gasteiger partial charge in [0.05, 0.1) is 5.56 Å². The Hall–Kier alpha value is -2.44. The van der Waals surface area contributed by atoms with Gasteiger partial charge in [-0.05, 0) is 37.8 Å². The number of hydrogen-bond acceptors (Lipinski definition) is 4. The first kappa shape index (κ1) is 22.8. The predicted octanol–water partition coefficient (Wildman–Crippen LogP) is 3.35. The third-order valence-corrected chi connectivity index (χ3v) is 5.19. The van der Waals surface area contributed by atoms with Crippen LogP contribution in [-0.4, -0.2) is 36.0 Å². The van der Waals surface area contributed by atoms with Crippen molar-refractivity contribution in [2.24, 2.45) is 5.92 Å². The molecule has 0 aliphatic heterocycles. The maximum Gasteiger partial charge on any atom is 0.329 e. The summed E-state index contributed by atoms with van der Waals surface area (Å²) in [5.41, 5.74) is -0.148. The van der Waals surface area contributed by atoms with E-state index in [0.29, 0.717) is 0 Å². The number of carbonyl (C=O) groups is 3. The van der Waals surface area contributed by atoms with E-state index in [1.165, 1.54) is 38.0 Å². The Balaban J connectivity index is 1.94. The molecule has 2 rings (SSSR count). The summed E-state index contributed by atoms with van der Waals surface area (Å²) in [5.74, 6) is -2.72. The summed E-state index contributed by atoms with van der Waals surface area (Å²) in [5, 5.41) is 5.48. The van der Waals surface area contributed by atoms with Gasteiger partial charge < -0.3 is 15.4 Å². The first-order valence-corrected chi connectivity index (χ1v) is 10.4. The zero-order valence-corrected chi connectivity index (χ0v) is 17.4. The molecule has 7 heteroatoms. The van der Waals surface area contributed by atoms with E-state index < -0.39 is 29.8 Å². The van der Waals surface area contributed by atoms with Crippen LogP contribution < -0.4 is 10.6 Å². The fourth-order valence-electron chi connectivity index (χ4n) is 3.41. The van der Waals surface area contributed by atoms with E-state index in [1.54, 1.807) is 19.9 Å². The quantitative estimate of drug-likeness (QED) is 0.537. The van der Waals surface area contributed by atoms with Crippen molar-refractivity contribution in [2.45, 2.75) is 77.5 Å². The molecule has 0 unspecified atom stereocenters. The zero-order chi connectivity index (χ0) is 21.4. The van der Waals surface area contributed by atoms with Gasteiger partial charge in [0.25, 0.3) is 11.8 Å². The molecule has 29 heavy (non-hydrogen) atoms. The van der Waals surface area contributed by atoms with Gasteiger partial charge in [0.2, 0.25) is 0 Å². The van der Waals surface area contributed by atoms with Crippen LogP contribution in [0.2, 0.25) is 0 Å². The molecule has 160 valence electrons. The van der Waals surface area contributed by atoms with Crippen LogP contribution >= 0.6 is 0 Å². The number of rotatable bonds is 7. The first-order chi connectivity index (χ1) is 13.8. The van der Waals surface area contributed by atoms with E-state index in [1.807, 2.05) is 0 Å². The molecule has 0 bridgehead atoms. The van der Waals surface area contributed by atoms with Crippen molar-refractivity contribution < 1.29 is 23.5 Å². The average Bonchev–Trinajstić information content (AvgIpc) is 2.94. The van der Waals surface area contributed by atoms with Crippen molar-refractivity contribution >= 4 is 17.8 Å². The third kappa shape index (κ3) is 6.84. The minimum atomic E-state index is -0.991. The number of carbonyl (C=O) groups excluding carboxylic acids is 3. The summed E-state index contributed by atoms with van der Waals surface area (Å²) in [7, 11) is 0. The Bertz CT molecular complexity index is 715. The Morgan fingerprint density at radius 3 is 2.24 bits per heavy atom. The largest absolute Gasteiger partial charge is 0.451 e. The van der Waals surface area contributed by atoms with E-state index in [2.05, 4.69) is 10.6 Å². The summed E-state index contributed by atoms with van der Waals surface area (Å²) in [6.07, 6.45) is 5.40. The molecule has 1 aromatic rings. The van der Waals surface area contributed by atoms with Crippen LogP contribution in [0.15, 0.2) is 24.3 Å². The SMILES string of the molecule is CC(C)[C@H](NC(=O)c1ccccc1F)C(=O)O[C@H](C)C(=O)NC1CCCCCC1. The molecule has 2 N–H and O–H groups in total. The molecule has 0 spiro atoms. The van der Waals surface area contributed by atoms with Crippen LogP contribution in [0.5, 0.6) is 0 Å². The summed E-state index contributed by atoms with van der Waals surface area (Å²) < 4.78 is 19.1. The highest BCUT2D eigenvalue weighted by atomic mass is 19.1. The molecule has 1 aliphatic rings. The fourth-order valence-corrected chi connectivity index (χ4v) is 3.41. The molecular formula is C22H31FN2O4.